The van der Waals surface area contributed by atoms with E-state index >= 15 is 0 Å². The van der Waals surface area contributed by atoms with Crippen LogP contribution < -0.4 is 15.5 Å². The quantitative estimate of drug-likeness (QED) is 0.610. The molecular formula is C24H21F3N4O2. The van der Waals surface area contributed by atoms with E-state index in [0.29, 0.717) is 10.6 Å². The molecule has 0 radical (unpaired) electrons. The largest absolute Gasteiger partial charge is 0.409 e. The Labute approximate surface area is 188 Å². The molecule has 9 heteroatoms. The van der Waals surface area contributed by atoms with E-state index in [2.05, 4.69) is 15.6 Å². The third-order valence-corrected chi connectivity index (χ3v) is 5.35. The number of anilines is 2. The van der Waals surface area contributed by atoms with Gasteiger partial charge in [0, 0.05) is 6.20 Å². The molecule has 2 N–H and O–H groups in total. The topological polar surface area (TPSA) is 74.3 Å². The average Bonchev–Trinajstić information content (AvgIpc) is 2.96. The fraction of sp³-hybridized carbons (Fsp3) is 0.208. The lowest BCUT2D eigenvalue weighted by Gasteiger charge is -2.32. The van der Waals surface area contributed by atoms with Crippen molar-refractivity contribution in [1.29, 1.82) is 0 Å². The van der Waals surface area contributed by atoms with E-state index in [0.717, 1.165) is 5.56 Å². The van der Waals surface area contributed by atoms with Crippen molar-refractivity contribution in [3.05, 3.63) is 90.3 Å². The normalized spacial score (nSPS) is 17.0. The first kappa shape index (κ1) is 22.5. The number of halogens is 3. The summed E-state index contributed by atoms with van der Waals surface area (Å²) >= 11 is 0. The number of hydrogen-bond donors (Lipinski definition) is 2. The zero-order valence-corrected chi connectivity index (χ0v) is 17.4. The zero-order valence-electron chi connectivity index (χ0n) is 17.4. The molecule has 170 valence electrons. The molecule has 0 saturated heterocycles. The number of carbonyl (C=O) groups excluding carboxylic acids is 2. The van der Waals surface area contributed by atoms with Gasteiger partial charge in [0.25, 0.3) is 0 Å². The molecule has 1 aliphatic rings. The molecule has 0 aliphatic carbocycles. The van der Waals surface area contributed by atoms with Crippen LogP contribution in [0.5, 0.6) is 0 Å². The molecule has 0 bridgehead atoms. The molecule has 2 atom stereocenters. The minimum Gasteiger partial charge on any atom is -0.324 e. The number of pyridine rings is 1. The third-order valence-electron chi connectivity index (χ3n) is 5.35. The molecule has 6 nitrogen and oxygen atoms in total. The first-order valence-corrected chi connectivity index (χ1v) is 10.3. The van der Waals surface area contributed by atoms with Crippen molar-refractivity contribution in [3.8, 4) is 0 Å². The summed E-state index contributed by atoms with van der Waals surface area (Å²) in [5, 5.41) is 5.52. The highest BCUT2D eigenvalue weighted by molar-refractivity contribution is 6.05. The molecule has 3 aromatic rings. The second-order valence-corrected chi connectivity index (χ2v) is 7.57. The lowest BCUT2D eigenvalue weighted by Crippen LogP contribution is -2.52. The summed E-state index contributed by atoms with van der Waals surface area (Å²) in [4.78, 5) is 30.4. The van der Waals surface area contributed by atoms with E-state index in [1.807, 2.05) is 30.3 Å². The van der Waals surface area contributed by atoms with Crippen molar-refractivity contribution in [2.45, 2.75) is 24.7 Å². The van der Waals surface area contributed by atoms with Crippen LogP contribution >= 0.6 is 0 Å². The van der Waals surface area contributed by atoms with Gasteiger partial charge in [-0.25, -0.2) is 0 Å². The maximum atomic E-state index is 13.9. The molecule has 0 unspecified atom stereocenters. The van der Waals surface area contributed by atoms with E-state index in [9.17, 15) is 22.8 Å². The summed E-state index contributed by atoms with van der Waals surface area (Å²) in [6, 6.07) is 17.7. The molecule has 0 spiro atoms. The number of aromatic nitrogens is 1. The SMILES string of the molecule is O=C1C[C@@H](C(F)(F)F)N(C(=O)CN[C@H](c2ccccc2)c2ccccn2)c2ccccc2N1. The lowest BCUT2D eigenvalue weighted by molar-refractivity contribution is -0.157. The summed E-state index contributed by atoms with van der Waals surface area (Å²) in [7, 11) is 0. The lowest BCUT2D eigenvalue weighted by atomic mass is 10.0. The molecule has 2 amide bonds. The highest BCUT2D eigenvalue weighted by Gasteiger charge is 2.48. The van der Waals surface area contributed by atoms with Crippen LogP contribution in [0.25, 0.3) is 0 Å². The van der Waals surface area contributed by atoms with E-state index in [-0.39, 0.29) is 11.4 Å². The number of rotatable bonds is 5. The highest BCUT2D eigenvalue weighted by Crippen LogP contribution is 2.37. The summed E-state index contributed by atoms with van der Waals surface area (Å²) in [6.07, 6.45) is -4.06. The van der Waals surface area contributed by atoms with Crippen molar-refractivity contribution < 1.29 is 22.8 Å². The summed E-state index contributed by atoms with van der Waals surface area (Å²) in [6.45, 7) is -0.398. The van der Waals surface area contributed by atoms with Crippen molar-refractivity contribution in [3.63, 3.8) is 0 Å². The van der Waals surface area contributed by atoms with Gasteiger partial charge < -0.3 is 5.32 Å². The minimum atomic E-state index is -4.79. The van der Waals surface area contributed by atoms with Gasteiger partial charge in [-0.05, 0) is 29.8 Å². The maximum Gasteiger partial charge on any atom is 0.409 e. The van der Waals surface area contributed by atoms with Gasteiger partial charge in [-0.1, -0.05) is 48.5 Å². The van der Waals surface area contributed by atoms with Gasteiger partial charge in [-0.3, -0.25) is 24.8 Å². The number of hydrogen-bond acceptors (Lipinski definition) is 4. The fourth-order valence-electron chi connectivity index (χ4n) is 3.86. The van der Waals surface area contributed by atoms with Crippen LogP contribution in [0.1, 0.15) is 23.7 Å². The predicted molar refractivity (Wildman–Crippen MR) is 118 cm³/mol. The van der Waals surface area contributed by atoms with Crippen LogP contribution in [-0.2, 0) is 9.59 Å². The number of benzene rings is 2. The molecule has 1 aromatic heterocycles. The Kier molecular flexibility index (Phi) is 6.41. The molecule has 2 aromatic carbocycles. The van der Waals surface area contributed by atoms with Gasteiger partial charge in [0.1, 0.15) is 6.04 Å². The van der Waals surface area contributed by atoms with Crippen LogP contribution in [0.4, 0.5) is 24.5 Å². The van der Waals surface area contributed by atoms with Gasteiger partial charge in [-0.2, -0.15) is 13.2 Å². The minimum absolute atomic E-state index is 0.00609. The monoisotopic (exact) mass is 454 g/mol. The number of amides is 2. The van der Waals surface area contributed by atoms with Gasteiger partial charge in [0.15, 0.2) is 0 Å². The Balaban J connectivity index is 1.65. The first-order chi connectivity index (χ1) is 15.8. The van der Waals surface area contributed by atoms with Crippen LogP contribution in [0.2, 0.25) is 0 Å². The number of nitrogens with one attached hydrogen (secondary N) is 2. The Morgan fingerprint density at radius 2 is 1.76 bits per heavy atom. The van der Waals surface area contributed by atoms with E-state index in [1.165, 1.54) is 18.2 Å². The number of carbonyl (C=O) groups is 2. The van der Waals surface area contributed by atoms with E-state index in [1.54, 1.807) is 30.5 Å². The van der Waals surface area contributed by atoms with Gasteiger partial charge >= 0.3 is 6.18 Å². The standard InChI is InChI=1S/C24H21F3N4O2/c25-24(26,27)20-14-21(32)30-17-10-4-5-12-19(17)31(20)22(33)15-29-23(16-8-2-1-3-9-16)18-11-6-7-13-28-18/h1-13,20,23,29H,14-15H2,(H,30,32)/t20-,23+/m0/s1. The Morgan fingerprint density at radius 3 is 2.45 bits per heavy atom. The van der Waals surface area contributed by atoms with Gasteiger partial charge in [0.2, 0.25) is 11.8 Å². The van der Waals surface area contributed by atoms with Gasteiger partial charge in [0.05, 0.1) is 36.1 Å². The Morgan fingerprint density at radius 1 is 1.06 bits per heavy atom. The van der Waals surface area contributed by atoms with Crippen molar-refractivity contribution in [2.75, 3.05) is 16.8 Å². The van der Waals surface area contributed by atoms with Crippen LogP contribution in [0.3, 0.4) is 0 Å². The molecule has 0 fully saturated rings. The van der Waals surface area contributed by atoms with Crippen molar-refractivity contribution in [1.82, 2.24) is 10.3 Å². The second kappa shape index (κ2) is 9.41. The Bertz CT molecular complexity index is 1080. The van der Waals surface area contributed by atoms with Crippen LogP contribution in [0, 0.1) is 0 Å². The molecule has 0 saturated carbocycles. The second-order valence-electron chi connectivity index (χ2n) is 7.57. The molecule has 33 heavy (non-hydrogen) atoms. The van der Waals surface area contributed by atoms with Crippen LogP contribution in [-0.4, -0.2) is 35.6 Å². The molecule has 1 aliphatic heterocycles. The van der Waals surface area contributed by atoms with E-state index < -0.39 is 43.0 Å². The number of para-hydroxylation sites is 2. The summed E-state index contributed by atoms with van der Waals surface area (Å²) < 4.78 is 41.8. The number of nitrogens with zero attached hydrogens (tertiary/aromatic N) is 2. The van der Waals surface area contributed by atoms with Crippen molar-refractivity contribution >= 4 is 23.2 Å². The van der Waals surface area contributed by atoms with Crippen molar-refractivity contribution in [2.24, 2.45) is 0 Å². The fourth-order valence-corrected chi connectivity index (χ4v) is 3.86. The van der Waals surface area contributed by atoms with Crippen LogP contribution in [0.15, 0.2) is 79.0 Å². The average molecular weight is 454 g/mol. The first-order valence-electron chi connectivity index (χ1n) is 10.3. The molecular weight excluding hydrogens is 433 g/mol. The summed E-state index contributed by atoms with van der Waals surface area (Å²) in [5.41, 5.74) is 1.60. The zero-order chi connectivity index (χ0) is 23.4. The number of fused-ring (bicyclic) bond motifs is 1. The molecule has 4 rings (SSSR count). The van der Waals surface area contributed by atoms with E-state index in [4.69, 9.17) is 0 Å². The summed E-state index contributed by atoms with van der Waals surface area (Å²) in [5.74, 6) is -1.61. The Hall–Kier alpha value is -3.72. The highest BCUT2D eigenvalue weighted by atomic mass is 19.4. The van der Waals surface area contributed by atoms with Gasteiger partial charge in [-0.15, -0.1) is 0 Å². The smallest absolute Gasteiger partial charge is 0.324 e. The maximum absolute atomic E-state index is 13.9. The number of alkyl halides is 3. The third kappa shape index (κ3) is 5.04. The predicted octanol–water partition coefficient (Wildman–Crippen LogP) is 4.07. The molecule has 2 heterocycles.